The molecular formula is C16H22N2O. The van der Waals surface area contributed by atoms with Gasteiger partial charge in [0.1, 0.15) is 0 Å². The summed E-state index contributed by atoms with van der Waals surface area (Å²) in [5.74, 6) is 0.875. The van der Waals surface area contributed by atoms with Gasteiger partial charge in [0.2, 0.25) is 5.91 Å². The number of likely N-dealkylation sites (tertiary alicyclic amines) is 1. The summed E-state index contributed by atoms with van der Waals surface area (Å²) in [5, 5.41) is 0. The Morgan fingerprint density at radius 1 is 1.42 bits per heavy atom. The standard InChI is InChI=1S/C16H22N2O/c1-11(17)13-6-4-8-18(10-13)16(19)15-9-12-5-2-3-7-14(12)15/h2-3,5,7,11,13,15H,4,6,8-10,17H2,1H3. The zero-order chi connectivity index (χ0) is 13.4. The Balaban J connectivity index is 1.69. The van der Waals surface area contributed by atoms with Crippen LogP contribution in [0, 0.1) is 5.92 Å². The van der Waals surface area contributed by atoms with Gasteiger partial charge in [-0.1, -0.05) is 24.3 Å². The Bertz CT molecular complexity index is 483. The van der Waals surface area contributed by atoms with Gasteiger partial charge in [0.15, 0.2) is 0 Å². The van der Waals surface area contributed by atoms with E-state index in [1.165, 1.54) is 11.1 Å². The Kier molecular flexibility index (Phi) is 3.31. The minimum atomic E-state index is 0.100. The monoisotopic (exact) mass is 258 g/mol. The van der Waals surface area contributed by atoms with Crippen molar-refractivity contribution in [2.24, 2.45) is 11.7 Å². The molecule has 1 aliphatic carbocycles. The zero-order valence-corrected chi connectivity index (χ0v) is 11.5. The average molecular weight is 258 g/mol. The highest BCUT2D eigenvalue weighted by Crippen LogP contribution is 2.37. The number of benzene rings is 1. The van der Waals surface area contributed by atoms with E-state index in [1.807, 2.05) is 17.0 Å². The van der Waals surface area contributed by atoms with Crippen LogP contribution >= 0.6 is 0 Å². The fourth-order valence-electron chi connectivity index (χ4n) is 3.34. The molecule has 0 bridgehead atoms. The van der Waals surface area contributed by atoms with Crippen molar-refractivity contribution in [1.82, 2.24) is 4.90 Å². The molecule has 1 aromatic carbocycles. The van der Waals surface area contributed by atoms with Crippen LogP contribution in [0.4, 0.5) is 0 Å². The van der Waals surface area contributed by atoms with Crippen LogP contribution in [0.5, 0.6) is 0 Å². The molecule has 3 heteroatoms. The maximum atomic E-state index is 12.6. The molecule has 1 amide bonds. The Labute approximate surface area is 114 Å². The van der Waals surface area contributed by atoms with Gasteiger partial charge in [0, 0.05) is 19.1 Å². The molecular weight excluding hydrogens is 236 g/mol. The predicted molar refractivity (Wildman–Crippen MR) is 75.8 cm³/mol. The lowest BCUT2D eigenvalue weighted by molar-refractivity contribution is -0.135. The Morgan fingerprint density at radius 2 is 2.21 bits per heavy atom. The highest BCUT2D eigenvalue weighted by Gasteiger charge is 2.36. The first-order valence-corrected chi connectivity index (χ1v) is 7.29. The normalized spacial score (nSPS) is 27.4. The Morgan fingerprint density at radius 3 is 2.95 bits per heavy atom. The van der Waals surface area contributed by atoms with Crippen molar-refractivity contribution in [3.8, 4) is 0 Å². The van der Waals surface area contributed by atoms with Gasteiger partial charge in [0.25, 0.3) is 0 Å². The van der Waals surface area contributed by atoms with Gasteiger partial charge >= 0.3 is 0 Å². The third-order valence-electron chi connectivity index (χ3n) is 4.67. The van der Waals surface area contributed by atoms with Gasteiger partial charge in [-0.25, -0.2) is 0 Å². The number of carbonyl (C=O) groups excluding carboxylic acids is 1. The van der Waals surface area contributed by atoms with Gasteiger partial charge < -0.3 is 10.6 Å². The summed E-state index contributed by atoms with van der Waals surface area (Å²) in [6, 6.07) is 8.48. The van der Waals surface area contributed by atoms with Crippen LogP contribution < -0.4 is 5.73 Å². The van der Waals surface area contributed by atoms with Crippen molar-refractivity contribution in [3.05, 3.63) is 35.4 Å². The molecule has 3 unspecified atom stereocenters. The summed E-state index contributed by atoms with van der Waals surface area (Å²) in [4.78, 5) is 14.6. The highest BCUT2D eigenvalue weighted by atomic mass is 16.2. The number of fused-ring (bicyclic) bond motifs is 1. The van der Waals surface area contributed by atoms with Crippen molar-refractivity contribution >= 4 is 5.91 Å². The van der Waals surface area contributed by atoms with Gasteiger partial charge in [-0.3, -0.25) is 4.79 Å². The molecule has 0 saturated carbocycles. The van der Waals surface area contributed by atoms with Crippen LogP contribution in [0.25, 0.3) is 0 Å². The quantitative estimate of drug-likeness (QED) is 0.881. The summed E-state index contributed by atoms with van der Waals surface area (Å²) in [6.45, 7) is 3.80. The fraction of sp³-hybridized carbons (Fsp3) is 0.562. The lowest BCUT2D eigenvalue weighted by atomic mass is 9.76. The summed E-state index contributed by atoms with van der Waals surface area (Å²) < 4.78 is 0. The number of nitrogens with two attached hydrogens (primary N) is 1. The molecule has 3 rings (SSSR count). The number of rotatable bonds is 2. The molecule has 1 heterocycles. The molecule has 1 aliphatic heterocycles. The zero-order valence-electron chi connectivity index (χ0n) is 11.5. The number of amides is 1. The summed E-state index contributed by atoms with van der Waals surface area (Å²) in [5.41, 5.74) is 8.56. The topological polar surface area (TPSA) is 46.3 Å². The molecule has 2 aliphatic rings. The average Bonchev–Trinajstić information content (AvgIpc) is 2.40. The molecule has 1 saturated heterocycles. The summed E-state index contributed by atoms with van der Waals surface area (Å²) >= 11 is 0. The molecule has 102 valence electrons. The van der Waals surface area contributed by atoms with Crippen molar-refractivity contribution in [1.29, 1.82) is 0 Å². The van der Waals surface area contributed by atoms with Crippen LogP contribution in [0.15, 0.2) is 24.3 Å². The molecule has 1 fully saturated rings. The summed E-state index contributed by atoms with van der Waals surface area (Å²) in [6.07, 6.45) is 3.16. The number of nitrogens with zero attached hydrogens (tertiary/aromatic N) is 1. The molecule has 3 atom stereocenters. The minimum absolute atomic E-state index is 0.100. The highest BCUT2D eigenvalue weighted by molar-refractivity contribution is 5.87. The van der Waals surface area contributed by atoms with Crippen LogP contribution in [0.2, 0.25) is 0 Å². The van der Waals surface area contributed by atoms with E-state index in [1.54, 1.807) is 0 Å². The molecule has 0 aromatic heterocycles. The van der Waals surface area contributed by atoms with E-state index in [-0.39, 0.29) is 12.0 Å². The molecule has 1 aromatic rings. The van der Waals surface area contributed by atoms with Crippen molar-refractivity contribution < 1.29 is 4.79 Å². The predicted octanol–water partition coefficient (Wildman–Crippen LogP) is 1.91. The van der Waals surface area contributed by atoms with Crippen molar-refractivity contribution in [2.45, 2.75) is 38.1 Å². The van der Waals surface area contributed by atoms with Gasteiger partial charge in [-0.15, -0.1) is 0 Å². The van der Waals surface area contributed by atoms with E-state index in [4.69, 9.17) is 5.73 Å². The lowest BCUT2D eigenvalue weighted by Crippen LogP contribution is -2.48. The maximum Gasteiger partial charge on any atom is 0.230 e. The van der Waals surface area contributed by atoms with Crippen LogP contribution in [0.1, 0.15) is 36.8 Å². The number of piperidine rings is 1. The van der Waals surface area contributed by atoms with E-state index >= 15 is 0 Å². The molecule has 0 radical (unpaired) electrons. The van der Waals surface area contributed by atoms with E-state index in [9.17, 15) is 4.79 Å². The largest absolute Gasteiger partial charge is 0.342 e. The van der Waals surface area contributed by atoms with Crippen LogP contribution in [-0.4, -0.2) is 29.9 Å². The molecule has 19 heavy (non-hydrogen) atoms. The minimum Gasteiger partial charge on any atom is -0.342 e. The van der Waals surface area contributed by atoms with E-state index in [0.717, 1.165) is 32.4 Å². The van der Waals surface area contributed by atoms with Crippen molar-refractivity contribution in [2.75, 3.05) is 13.1 Å². The third-order valence-corrected chi connectivity index (χ3v) is 4.67. The second kappa shape index (κ2) is 4.97. The van der Waals surface area contributed by atoms with E-state index in [2.05, 4.69) is 19.1 Å². The van der Waals surface area contributed by atoms with Gasteiger partial charge in [-0.2, -0.15) is 0 Å². The molecule has 2 N–H and O–H groups in total. The molecule has 0 spiro atoms. The van der Waals surface area contributed by atoms with Crippen LogP contribution in [-0.2, 0) is 11.2 Å². The van der Waals surface area contributed by atoms with Gasteiger partial charge in [-0.05, 0) is 43.2 Å². The first-order chi connectivity index (χ1) is 9.16. The first-order valence-electron chi connectivity index (χ1n) is 7.29. The molecule has 3 nitrogen and oxygen atoms in total. The number of hydrogen-bond donors (Lipinski definition) is 1. The van der Waals surface area contributed by atoms with Crippen LogP contribution in [0.3, 0.4) is 0 Å². The summed E-state index contributed by atoms with van der Waals surface area (Å²) in [7, 11) is 0. The smallest absolute Gasteiger partial charge is 0.230 e. The number of hydrogen-bond acceptors (Lipinski definition) is 2. The Hall–Kier alpha value is -1.35. The second-order valence-corrected chi connectivity index (χ2v) is 6.00. The van der Waals surface area contributed by atoms with Gasteiger partial charge in [0.05, 0.1) is 5.92 Å². The fourth-order valence-corrected chi connectivity index (χ4v) is 3.34. The first kappa shape index (κ1) is 12.7. The van der Waals surface area contributed by atoms with Crippen molar-refractivity contribution in [3.63, 3.8) is 0 Å². The van der Waals surface area contributed by atoms with E-state index in [0.29, 0.717) is 11.8 Å². The maximum absolute atomic E-state index is 12.6. The second-order valence-electron chi connectivity index (χ2n) is 6.00. The third kappa shape index (κ3) is 2.27. The number of carbonyl (C=O) groups is 1. The van der Waals surface area contributed by atoms with E-state index < -0.39 is 0 Å². The SMILES string of the molecule is CC(N)C1CCCN(C(=O)C2Cc3ccccc32)C1. The lowest BCUT2D eigenvalue weighted by Gasteiger charge is -2.39.